The molecule has 1 rings (SSSR count). The Labute approximate surface area is 112 Å². The summed E-state index contributed by atoms with van der Waals surface area (Å²) in [5.41, 5.74) is 0.224. The molecule has 0 aliphatic rings. The monoisotopic (exact) mass is 370 g/mol. The Kier molecular flexibility index (Phi) is 5.07. The molecule has 0 aromatic heterocycles. The SMILES string of the molecule is O=C(O)/C=C/c1c(OC(F)F)ccc(Br)c1Br. The van der Waals surface area contributed by atoms with Gasteiger partial charge < -0.3 is 9.84 Å². The van der Waals surface area contributed by atoms with Crippen molar-refractivity contribution in [1.29, 1.82) is 0 Å². The van der Waals surface area contributed by atoms with Gasteiger partial charge in [-0.2, -0.15) is 8.78 Å². The number of aliphatic carboxylic acids is 1. The molecule has 0 bridgehead atoms. The summed E-state index contributed by atoms with van der Waals surface area (Å²) < 4.78 is 29.6. The van der Waals surface area contributed by atoms with Crippen molar-refractivity contribution in [2.24, 2.45) is 0 Å². The normalized spacial score (nSPS) is 11.1. The van der Waals surface area contributed by atoms with E-state index in [1.54, 1.807) is 0 Å². The summed E-state index contributed by atoms with van der Waals surface area (Å²) in [7, 11) is 0. The van der Waals surface area contributed by atoms with Crippen LogP contribution in [0.1, 0.15) is 5.56 Å². The lowest BCUT2D eigenvalue weighted by molar-refractivity contribution is -0.131. The maximum absolute atomic E-state index is 12.1. The van der Waals surface area contributed by atoms with Crippen LogP contribution in [0, 0.1) is 0 Å². The second-order valence-electron chi connectivity index (χ2n) is 2.82. The predicted octanol–water partition coefficient (Wildman–Crippen LogP) is 3.91. The van der Waals surface area contributed by atoms with Gasteiger partial charge in [-0.05, 0) is 50.1 Å². The van der Waals surface area contributed by atoms with Crippen LogP contribution in [0.15, 0.2) is 27.2 Å². The lowest BCUT2D eigenvalue weighted by atomic mass is 10.2. The zero-order chi connectivity index (χ0) is 13.0. The third kappa shape index (κ3) is 4.08. The molecule has 0 aliphatic heterocycles. The summed E-state index contributed by atoms with van der Waals surface area (Å²) in [4.78, 5) is 10.4. The number of hydrogen-bond donors (Lipinski definition) is 1. The van der Waals surface area contributed by atoms with E-state index in [1.165, 1.54) is 18.2 Å². The predicted molar refractivity (Wildman–Crippen MR) is 65.1 cm³/mol. The van der Waals surface area contributed by atoms with Gasteiger partial charge in [-0.3, -0.25) is 0 Å². The Bertz CT molecular complexity index is 461. The van der Waals surface area contributed by atoms with Crippen molar-refractivity contribution in [3.05, 3.63) is 32.7 Å². The zero-order valence-electron chi connectivity index (χ0n) is 8.16. The van der Waals surface area contributed by atoms with E-state index in [1.807, 2.05) is 0 Å². The third-order valence-electron chi connectivity index (χ3n) is 1.70. The Balaban J connectivity index is 3.21. The fourth-order valence-electron chi connectivity index (χ4n) is 1.06. The number of halogens is 4. The second-order valence-corrected chi connectivity index (χ2v) is 4.47. The minimum absolute atomic E-state index is 0.104. The van der Waals surface area contributed by atoms with Gasteiger partial charge in [0.05, 0.1) is 0 Å². The smallest absolute Gasteiger partial charge is 0.387 e. The van der Waals surface area contributed by atoms with Crippen LogP contribution in [0.5, 0.6) is 5.75 Å². The molecule has 17 heavy (non-hydrogen) atoms. The fourth-order valence-corrected chi connectivity index (χ4v) is 1.86. The largest absolute Gasteiger partial charge is 0.478 e. The molecule has 0 heterocycles. The highest BCUT2D eigenvalue weighted by atomic mass is 79.9. The molecule has 0 unspecified atom stereocenters. The number of carbonyl (C=O) groups is 1. The van der Waals surface area contributed by atoms with Crippen molar-refractivity contribution in [2.75, 3.05) is 0 Å². The first-order chi connectivity index (χ1) is 7.91. The Hall–Kier alpha value is -0.950. The van der Waals surface area contributed by atoms with Gasteiger partial charge in [-0.25, -0.2) is 4.79 Å². The minimum Gasteiger partial charge on any atom is -0.478 e. The molecular weight excluding hydrogens is 366 g/mol. The van der Waals surface area contributed by atoms with Crippen molar-refractivity contribution in [1.82, 2.24) is 0 Å². The number of rotatable bonds is 4. The Morgan fingerprint density at radius 1 is 1.41 bits per heavy atom. The van der Waals surface area contributed by atoms with Crippen LogP contribution in [0.3, 0.4) is 0 Å². The van der Waals surface area contributed by atoms with Gasteiger partial charge in [-0.1, -0.05) is 0 Å². The van der Waals surface area contributed by atoms with Gasteiger partial charge >= 0.3 is 12.6 Å². The average molecular weight is 372 g/mol. The maximum atomic E-state index is 12.1. The van der Waals surface area contributed by atoms with Crippen molar-refractivity contribution in [2.45, 2.75) is 6.61 Å². The van der Waals surface area contributed by atoms with E-state index in [4.69, 9.17) is 5.11 Å². The van der Waals surface area contributed by atoms with E-state index in [9.17, 15) is 13.6 Å². The van der Waals surface area contributed by atoms with Crippen LogP contribution >= 0.6 is 31.9 Å². The van der Waals surface area contributed by atoms with Crippen LogP contribution in [-0.4, -0.2) is 17.7 Å². The lowest BCUT2D eigenvalue weighted by Crippen LogP contribution is -2.03. The topological polar surface area (TPSA) is 46.5 Å². The van der Waals surface area contributed by atoms with Crippen LogP contribution in [0.2, 0.25) is 0 Å². The second kappa shape index (κ2) is 6.11. The molecule has 0 amide bonds. The van der Waals surface area contributed by atoms with E-state index >= 15 is 0 Å². The van der Waals surface area contributed by atoms with Gasteiger partial charge in [0, 0.05) is 20.6 Å². The molecule has 3 nitrogen and oxygen atoms in total. The molecule has 0 fully saturated rings. The van der Waals surface area contributed by atoms with Gasteiger partial charge in [0.15, 0.2) is 0 Å². The summed E-state index contributed by atoms with van der Waals surface area (Å²) in [6, 6.07) is 2.84. The number of carboxylic acids is 1. The summed E-state index contributed by atoms with van der Waals surface area (Å²) in [6.45, 7) is -2.97. The molecule has 92 valence electrons. The Morgan fingerprint density at radius 3 is 2.59 bits per heavy atom. The van der Waals surface area contributed by atoms with Gasteiger partial charge in [-0.15, -0.1) is 0 Å². The summed E-state index contributed by atoms with van der Waals surface area (Å²) in [5.74, 6) is -1.28. The lowest BCUT2D eigenvalue weighted by Gasteiger charge is -2.10. The van der Waals surface area contributed by atoms with Crippen LogP contribution < -0.4 is 4.74 Å². The van der Waals surface area contributed by atoms with Crippen molar-refractivity contribution in [3.8, 4) is 5.75 Å². The number of alkyl halides is 2. The number of benzene rings is 1. The number of hydrogen-bond acceptors (Lipinski definition) is 2. The van der Waals surface area contributed by atoms with Crippen LogP contribution in [0.25, 0.3) is 6.08 Å². The van der Waals surface area contributed by atoms with E-state index in [2.05, 4.69) is 36.6 Å². The fraction of sp³-hybridized carbons (Fsp3) is 0.100. The summed E-state index contributed by atoms with van der Waals surface area (Å²) in [5, 5.41) is 8.50. The van der Waals surface area contributed by atoms with E-state index in [-0.39, 0.29) is 11.3 Å². The summed E-state index contributed by atoms with van der Waals surface area (Å²) >= 11 is 6.34. The zero-order valence-corrected chi connectivity index (χ0v) is 11.3. The molecule has 0 aliphatic carbocycles. The molecule has 1 aromatic carbocycles. The first kappa shape index (κ1) is 14.1. The summed E-state index contributed by atoms with van der Waals surface area (Å²) in [6.07, 6.45) is 2.01. The number of carboxylic acid groups (broad SMARTS) is 1. The highest BCUT2D eigenvalue weighted by Crippen LogP contribution is 2.35. The molecule has 0 atom stereocenters. The van der Waals surface area contributed by atoms with E-state index in [0.717, 1.165) is 6.08 Å². The highest BCUT2D eigenvalue weighted by molar-refractivity contribution is 9.13. The molecule has 0 saturated carbocycles. The molecule has 7 heteroatoms. The quantitative estimate of drug-likeness (QED) is 0.816. The van der Waals surface area contributed by atoms with Crippen molar-refractivity contribution < 1.29 is 23.4 Å². The van der Waals surface area contributed by atoms with E-state index in [0.29, 0.717) is 8.95 Å². The maximum Gasteiger partial charge on any atom is 0.387 e. The third-order valence-corrected chi connectivity index (χ3v) is 3.75. The van der Waals surface area contributed by atoms with Crippen molar-refractivity contribution in [3.63, 3.8) is 0 Å². The molecule has 0 radical (unpaired) electrons. The van der Waals surface area contributed by atoms with Crippen molar-refractivity contribution >= 4 is 43.9 Å². The Morgan fingerprint density at radius 2 is 2.06 bits per heavy atom. The highest BCUT2D eigenvalue weighted by Gasteiger charge is 2.13. The average Bonchev–Trinajstić information content (AvgIpc) is 2.22. The van der Waals surface area contributed by atoms with Gasteiger partial charge in [0.25, 0.3) is 0 Å². The first-order valence-corrected chi connectivity index (χ1v) is 5.84. The number of ether oxygens (including phenoxy) is 1. The molecule has 1 N–H and O–H groups in total. The molecule has 1 aromatic rings. The molecule has 0 saturated heterocycles. The standard InChI is InChI=1S/C10H6Br2F2O3/c11-6-2-3-7(17-10(13)14)5(9(6)12)1-4-8(15)16/h1-4,10H,(H,15,16)/b4-1+. The van der Waals surface area contributed by atoms with Gasteiger partial charge in [0.2, 0.25) is 0 Å². The first-order valence-electron chi connectivity index (χ1n) is 4.25. The minimum atomic E-state index is -2.97. The molecular formula is C10H6Br2F2O3. The van der Waals surface area contributed by atoms with Crippen LogP contribution in [0.4, 0.5) is 8.78 Å². The van der Waals surface area contributed by atoms with E-state index < -0.39 is 12.6 Å². The van der Waals surface area contributed by atoms with Crippen LogP contribution in [-0.2, 0) is 4.79 Å². The molecule has 0 spiro atoms. The van der Waals surface area contributed by atoms with Gasteiger partial charge in [0.1, 0.15) is 5.75 Å².